The Hall–Kier alpha value is -2.28. The van der Waals surface area contributed by atoms with Crippen LogP contribution in [0.25, 0.3) is 0 Å². The number of aromatic nitrogens is 2. The lowest BCUT2D eigenvalue weighted by atomic mass is 9.98. The molecule has 1 fully saturated rings. The molecule has 7 heteroatoms. The molecule has 0 saturated carbocycles. The highest BCUT2D eigenvalue weighted by atomic mass is 32.2. The number of amidine groups is 1. The summed E-state index contributed by atoms with van der Waals surface area (Å²) in [6.07, 6.45) is 1.80. The molecule has 2 aromatic rings. The van der Waals surface area contributed by atoms with E-state index in [1.807, 2.05) is 32.3 Å². The minimum absolute atomic E-state index is 0.113. The van der Waals surface area contributed by atoms with E-state index in [9.17, 15) is 0 Å². The van der Waals surface area contributed by atoms with Gasteiger partial charge in [-0.15, -0.1) is 0 Å². The molecule has 3 rings (SSSR count). The molecule has 1 aromatic carbocycles. The van der Waals surface area contributed by atoms with Crippen LogP contribution in [-0.4, -0.2) is 41.8 Å². The van der Waals surface area contributed by atoms with Crippen LogP contribution in [0, 0.1) is 0 Å². The Kier molecular flexibility index (Phi) is 4.85. The van der Waals surface area contributed by atoms with Gasteiger partial charge in [-0.05, 0) is 44.2 Å². The van der Waals surface area contributed by atoms with Crippen LogP contribution in [0.1, 0.15) is 24.8 Å². The van der Waals surface area contributed by atoms with Gasteiger partial charge in [0.2, 0.25) is 5.95 Å². The average molecular weight is 356 g/mol. The average Bonchev–Trinajstić information content (AvgIpc) is 2.90. The molecule has 1 atom stereocenters. The van der Waals surface area contributed by atoms with Crippen molar-refractivity contribution >= 4 is 34.3 Å². The quantitative estimate of drug-likeness (QED) is 0.875. The fourth-order valence-electron chi connectivity index (χ4n) is 2.72. The Balaban J connectivity index is 1.80. The molecular weight excluding hydrogens is 332 g/mol. The second-order valence-corrected chi connectivity index (χ2v) is 7.84. The van der Waals surface area contributed by atoms with E-state index in [0.717, 1.165) is 22.2 Å². The first-order valence-corrected chi connectivity index (χ1v) is 9.06. The van der Waals surface area contributed by atoms with Crippen molar-refractivity contribution in [2.75, 3.05) is 31.4 Å². The van der Waals surface area contributed by atoms with Gasteiger partial charge in [0, 0.05) is 38.7 Å². The lowest BCUT2D eigenvalue weighted by Gasteiger charge is -2.25. The first kappa shape index (κ1) is 17.5. The van der Waals surface area contributed by atoms with Crippen molar-refractivity contribution in [3.05, 3.63) is 42.2 Å². The lowest BCUT2D eigenvalue weighted by molar-refractivity contribution is 0.459. The van der Waals surface area contributed by atoms with Crippen molar-refractivity contribution in [2.24, 2.45) is 4.99 Å². The lowest BCUT2D eigenvalue weighted by Crippen LogP contribution is -2.38. The van der Waals surface area contributed by atoms with Gasteiger partial charge in [-0.25, -0.2) is 9.97 Å². The zero-order valence-corrected chi connectivity index (χ0v) is 16.1. The summed E-state index contributed by atoms with van der Waals surface area (Å²) in [6, 6.07) is 10.2. The Bertz CT molecular complexity index is 769. The highest BCUT2D eigenvalue weighted by molar-refractivity contribution is 8.14. The molecule has 2 heterocycles. The maximum absolute atomic E-state index is 4.72. The number of aliphatic imine (C=N–C) groups is 1. The van der Waals surface area contributed by atoms with Crippen LogP contribution in [0.4, 0.5) is 17.3 Å². The van der Waals surface area contributed by atoms with Crippen LogP contribution in [0.3, 0.4) is 0 Å². The molecule has 1 unspecified atom stereocenters. The van der Waals surface area contributed by atoms with E-state index < -0.39 is 0 Å². The Morgan fingerprint density at radius 1 is 1.20 bits per heavy atom. The zero-order chi connectivity index (χ0) is 18.0. The largest absolute Gasteiger partial charge is 0.378 e. The van der Waals surface area contributed by atoms with Crippen LogP contribution in [0.5, 0.6) is 0 Å². The minimum Gasteiger partial charge on any atom is -0.378 e. The predicted octanol–water partition coefficient (Wildman–Crippen LogP) is 3.43. The third-order valence-electron chi connectivity index (χ3n) is 4.10. The maximum Gasteiger partial charge on any atom is 0.227 e. The maximum atomic E-state index is 4.72. The fourth-order valence-corrected chi connectivity index (χ4v) is 3.98. The van der Waals surface area contributed by atoms with Crippen molar-refractivity contribution in [1.29, 1.82) is 0 Å². The Labute approximate surface area is 153 Å². The van der Waals surface area contributed by atoms with Gasteiger partial charge in [0.05, 0.1) is 16.5 Å². The number of hydrogen-bond acceptors (Lipinski definition) is 6. The minimum atomic E-state index is -0.113. The molecule has 6 nitrogen and oxygen atoms in total. The molecule has 0 spiro atoms. The highest BCUT2D eigenvalue weighted by Crippen LogP contribution is 2.43. The smallest absolute Gasteiger partial charge is 0.227 e. The molecular formula is C18H24N6S. The van der Waals surface area contributed by atoms with Gasteiger partial charge in [0.1, 0.15) is 0 Å². The van der Waals surface area contributed by atoms with Gasteiger partial charge in [-0.3, -0.25) is 4.99 Å². The Morgan fingerprint density at radius 2 is 1.92 bits per heavy atom. The summed E-state index contributed by atoms with van der Waals surface area (Å²) in [5, 5.41) is 7.86. The van der Waals surface area contributed by atoms with Crippen molar-refractivity contribution in [3.8, 4) is 0 Å². The van der Waals surface area contributed by atoms with Crippen molar-refractivity contribution in [1.82, 2.24) is 15.3 Å². The standard InChI is InChI=1S/C18H24N6S/c1-18(2)15(25-17(19-3)23-18)14-10-11-20-16(22-14)21-12-6-8-13(9-7-12)24(4)5/h6-11,15H,1-5H3,(H,19,23)(H,20,21,22). The third kappa shape index (κ3) is 3.87. The van der Waals surface area contributed by atoms with E-state index in [1.54, 1.807) is 25.0 Å². The van der Waals surface area contributed by atoms with E-state index in [1.165, 1.54) is 0 Å². The molecule has 1 aliphatic rings. The van der Waals surface area contributed by atoms with Crippen LogP contribution >= 0.6 is 11.8 Å². The predicted molar refractivity (Wildman–Crippen MR) is 107 cm³/mol. The van der Waals surface area contributed by atoms with Gasteiger partial charge in [-0.1, -0.05) is 11.8 Å². The number of benzene rings is 1. The van der Waals surface area contributed by atoms with Gasteiger partial charge in [0.15, 0.2) is 5.17 Å². The molecule has 1 aliphatic heterocycles. The normalized spacial score (nSPS) is 20.4. The van der Waals surface area contributed by atoms with E-state index in [0.29, 0.717) is 5.95 Å². The van der Waals surface area contributed by atoms with Gasteiger partial charge < -0.3 is 15.5 Å². The number of thioether (sulfide) groups is 1. The molecule has 0 amide bonds. The number of nitrogens with one attached hydrogen (secondary N) is 2. The second-order valence-electron chi connectivity index (χ2n) is 6.74. The molecule has 132 valence electrons. The first-order chi connectivity index (χ1) is 11.9. The number of anilines is 3. The van der Waals surface area contributed by atoms with Gasteiger partial charge in [-0.2, -0.15) is 0 Å². The molecule has 0 aliphatic carbocycles. The number of rotatable bonds is 4. The topological polar surface area (TPSA) is 65.4 Å². The van der Waals surface area contributed by atoms with Crippen molar-refractivity contribution in [2.45, 2.75) is 24.6 Å². The summed E-state index contributed by atoms with van der Waals surface area (Å²) < 4.78 is 0. The molecule has 2 N–H and O–H groups in total. The molecule has 0 bridgehead atoms. The van der Waals surface area contributed by atoms with Gasteiger partial charge in [0.25, 0.3) is 0 Å². The van der Waals surface area contributed by atoms with E-state index in [2.05, 4.69) is 51.5 Å². The van der Waals surface area contributed by atoms with Crippen LogP contribution in [0.2, 0.25) is 0 Å². The van der Waals surface area contributed by atoms with Gasteiger partial charge >= 0.3 is 0 Å². The molecule has 0 radical (unpaired) electrons. The summed E-state index contributed by atoms with van der Waals surface area (Å²) in [6.45, 7) is 4.33. The van der Waals surface area contributed by atoms with Crippen LogP contribution in [-0.2, 0) is 0 Å². The third-order valence-corrected chi connectivity index (χ3v) is 5.68. The van der Waals surface area contributed by atoms with Crippen molar-refractivity contribution in [3.63, 3.8) is 0 Å². The van der Waals surface area contributed by atoms with E-state index >= 15 is 0 Å². The zero-order valence-electron chi connectivity index (χ0n) is 15.2. The summed E-state index contributed by atoms with van der Waals surface area (Å²) >= 11 is 1.71. The van der Waals surface area contributed by atoms with Crippen LogP contribution < -0.4 is 15.5 Å². The summed E-state index contributed by atoms with van der Waals surface area (Å²) in [5.74, 6) is 0.605. The fraction of sp³-hybridized carbons (Fsp3) is 0.389. The molecule has 25 heavy (non-hydrogen) atoms. The molecule has 1 aromatic heterocycles. The summed E-state index contributed by atoms with van der Waals surface area (Å²) in [5.41, 5.74) is 3.00. The van der Waals surface area contributed by atoms with Crippen LogP contribution in [0.15, 0.2) is 41.5 Å². The monoisotopic (exact) mass is 356 g/mol. The summed E-state index contributed by atoms with van der Waals surface area (Å²) in [4.78, 5) is 15.4. The van der Waals surface area contributed by atoms with E-state index in [4.69, 9.17) is 4.98 Å². The molecule has 1 saturated heterocycles. The summed E-state index contributed by atoms with van der Waals surface area (Å²) in [7, 11) is 5.86. The van der Waals surface area contributed by atoms with Crippen molar-refractivity contribution < 1.29 is 0 Å². The van der Waals surface area contributed by atoms with E-state index in [-0.39, 0.29) is 10.8 Å². The second kappa shape index (κ2) is 6.92. The highest BCUT2D eigenvalue weighted by Gasteiger charge is 2.40. The first-order valence-electron chi connectivity index (χ1n) is 8.18. The SMILES string of the molecule is CN=C1NC(C)(C)C(c2ccnc(Nc3ccc(N(C)C)cc3)n2)S1. The Morgan fingerprint density at radius 3 is 2.52 bits per heavy atom. The number of hydrogen-bond donors (Lipinski definition) is 2. The number of nitrogens with zero attached hydrogens (tertiary/aromatic N) is 4.